The van der Waals surface area contributed by atoms with Crippen molar-refractivity contribution in [2.75, 3.05) is 5.32 Å². The third-order valence-corrected chi connectivity index (χ3v) is 6.09. The van der Waals surface area contributed by atoms with Crippen molar-refractivity contribution in [1.29, 1.82) is 0 Å². The lowest BCUT2D eigenvalue weighted by atomic mass is 9.91. The average Bonchev–Trinajstić information content (AvgIpc) is 3.60. The highest BCUT2D eigenvalue weighted by atomic mass is 19.1. The number of carboxylic acids is 1. The Kier molecular flexibility index (Phi) is 6.03. The van der Waals surface area contributed by atoms with Gasteiger partial charge in [-0.2, -0.15) is 0 Å². The van der Waals surface area contributed by atoms with Gasteiger partial charge in [0.15, 0.2) is 0 Å². The number of nitrogens with one attached hydrogen (secondary N) is 1. The van der Waals surface area contributed by atoms with Crippen molar-refractivity contribution in [2.24, 2.45) is 5.92 Å². The molecule has 0 unspecified atom stereocenters. The van der Waals surface area contributed by atoms with Crippen molar-refractivity contribution >= 4 is 11.7 Å². The minimum Gasteiger partial charge on any atom is -0.481 e. The van der Waals surface area contributed by atoms with Crippen molar-refractivity contribution in [2.45, 2.75) is 45.6 Å². The first kappa shape index (κ1) is 21.0. The number of aryl methyl sites for hydroxylation is 2. The van der Waals surface area contributed by atoms with Crippen LogP contribution < -0.4 is 5.32 Å². The van der Waals surface area contributed by atoms with Gasteiger partial charge in [-0.1, -0.05) is 38.1 Å². The van der Waals surface area contributed by atoms with Gasteiger partial charge in [0, 0.05) is 23.7 Å². The van der Waals surface area contributed by atoms with Crippen LogP contribution in [0.25, 0.3) is 11.1 Å². The lowest BCUT2D eigenvalue weighted by Crippen LogP contribution is -2.04. The molecule has 4 rings (SSSR count). The van der Waals surface area contributed by atoms with E-state index in [4.69, 9.17) is 5.11 Å². The van der Waals surface area contributed by atoms with E-state index < -0.39 is 5.97 Å². The van der Waals surface area contributed by atoms with Crippen LogP contribution in [-0.2, 0) is 24.2 Å². The number of hydrogen-bond donors (Lipinski definition) is 2. The molecule has 0 aliphatic heterocycles. The molecule has 0 saturated heterocycles. The van der Waals surface area contributed by atoms with Gasteiger partial charge in [0.25, 0.3) is 0 Å². The van der Waals surface area contributed by atoms with E-state index in [1.54, 1.807) is 12.3 Å². The van der Waals surface area contributed by atoms with Crippen LogP contribution in [0.1, 0.15) is 48.6 Å². The molecule has 31 heavy (non-hydrogen) atoms. The maximum Gasteiger partial charge on any atom is 0.307 e. The SMILES string of the molecule is CCc1cccc(CC)c1-c1ccc(F)c(CNc2ccc([C@H]3C[C@@H]3C(=O)O)nc2)c1. The number of halogens is 1. The zero-order valence-electron chi connectivity index (χ0n) is 17.9. The largest absolute Gasteiger partial charge is 0.481 e. The number of carbonyl (C=O) groups is 1. The van der Waals surface area contributed by atoms with Gasteiger partial charge in [-0.15, -0.1) is 0 Å². The molecule has 0 amide bonds. The van der Waals surface area contributed by atoms with Gasteiger partial charge >= 0.3 is 5.97 Å². The number of nitrogens with zero attached hydrogens (tertiary/aromatic N) is 1. The molecule has 0 radical (unpaired) electrons. The predicted octanol–water partition coefficient (Wildman–Crippen LogP) is 5.81. The number of carboxylic acid groups (broad SMARTS) is 1. The topological polar surface area (TPSA) is 62.2 Å². The highest BCUT2D eigenvalue weighted by Crippen LogP contribution is 2.46. The maximum atomic E-state index is 14.5. The Bertz CT molecular complexity index is 1070. The molecule has 0 spiro atoms. The van der Waals surface area contributed by atoms with Gasteiger partial charge in [-0.3, -0.25) is 9.78 Å². The van der Waals surface area contributed by atoms with Crippen LogP contribution >= 0.6 is 0 Å². The van der Waals surface area contributed by atoms with Crippen molar-refractivity contribution in [3.05, 3.63) is 82.9 Å². The number of pyridine rings is 1. The fourth-order valence-corrected chi connectivity index (χ4v) is 4.20. The van der Waals surface area contributed by atoms with Gasteiger partial charge in [0.2, 0.25) is 0 Å². The fraction of sp³-hybridized carbons (Fsp3) is 0.308. The van der Waals surface area contributed by atoms with E-state index in [-0.39, 0.29) is 17.7 Å². The lowest BCUT2D eigenvalue weighted by molar-refractivity contribution is -0.138. The molecule has 0 bridgehead atoms. The minimum atomic E-state index is -0.764. The number of hydrogen-bond acceptors (Lipinski definition) is 3. The quantitative estimate of drug-likeness (QED) is 0.484. The van der Waals surface area contributed by atoms with Crippen molar-refractivity contribution in [1.82, 2.24) is 4.98 Å². The van der Waals surface area contributed by atoms with Crippen LogP contribution in [0.2, 0.25) is 0 Å². The first-order chi connectivity index (χ1) is 15.0. The van der Waals surface area contributed by atoms with Gasteiger partial charge in [0.05, 0.1) is 17.8 Å². The first-order valence-corrected chi connectivity index (χ1v) is 10.8. The molecule has 2 atom stereocenters. The molecule has 5 heteroatoms. The summed E-state index contributed by atoms with van der Waals surface area (Å²) in [6.45, 7) is 4.63. The van der Waals surface area contributed by atoms with E-state index >= 15 is 0 Å². The summed E-state index contributed by atoms with van der Waals surface area (Å²) in [7, 11) is 0. The molecule has 3 aromatic rings. The minimum absolute atomic E-state index is 0.00655. The van der Waals surface area contributed by atoms with E-state index in [0.717, 1.165) is 29.8 Å². The Hall–Kier alpha value is -3.21. The van der Waals surface area contributed by atoms with Crippen molar-refractivity contribution in [3.8, 4) is 11.1 Å². The second kappa shape index (κ2) is 8.88. The van der Waals surface area contributed by atoms with E-state index in [1.165, 1.54) is 16.7 Å². The van der Waals surface area contributed by atoms with Crippen LogP contribution in [0.4, 0.5) is 10.1 Å². The number of aromatic nitrogens is 1. The summed E-state index contributed by atoms with van der Waals surface area (Å²) < 4.78 is 14.5. The summed E-state index contributed by atoms with van der Waals surface area (Å²) in [6, 6.07) is 15.4. The third-order valence-electron chi connectivity index (χ3n) is 6.09. The van der Waals surface area contributed by atoms with E-state index in [0.29, 0.717) is 18.5 Å². The fourth-order valence-electron chi connectivity index (χ4n) is 4.20. The Morgan fingerprint density at radius 3 is 2.42 bits per heavy atom. The van der Waals surface area contributed by atoms with Gasteiger partial charge in [-0.25, -0.2) is 4.39 Å². The Labute approximate surface area is 182 Å². The number of benzene rings is 2. The smallest absolute Gasteiger partial charge is 0.307 e. The molecule has 1 aromatic heterocycles. The van der Waals surface area contributed by atoms with Crippen LogP contribution in [0.3, 0.4) is 0 Å². The van der Waals surface area contributed by atoms with Crippen LogP contribution in [0.5, 0.6) is 0 Å². The molecular formula is C26H27FN2O2. The molecule has 2 N–H and O–H groups in total. The van der Waals surface area contributed by atoms with Crippen LogP contribution in [0, 0.1) is 11.7 Å². The standard InChI is InChI=1S/C26H27FN2O2/c1-3-16-6-5-7-17(4-2)25(16)18-8-10-23(27)19(12-18)14-28-20-9-11-24(29-15-20)21-13-22(21)26(30)31/h5-12,15,21-22,28H,3-4,13-14H2,1-2H3,(H,30,31)/t21-,22-/m0/s1. The number of anilines is 1. The Balaban J connectivity index is 1.51. The van der Waals surface area contributed by atoms with E-state index in [9.17, 15) is 9.18 Å². The zero-order chi connectivity index (χ0) is 22.0. The summed E-state index contributed by atoms with van der Waals surface area (Å²) in [5.41, 5.74) is 6.96. The summed E-state index contributed by atoms with van der Waals surface area (Å²) in [6.07, 6.45) is 4.19. The summed E-state index contributed by atoms with van der Waals surface area (Å²) in [5.74, 6) is -1.32. The number of aliphatic carboxylic acids is 1. The number of rotatable bonds is 8. The molecule has 1 saturated carbocycles. The van der Waals surface area contributed by atoms with Gasteiger partial charge in [-0.05, 0) is 65.8 Å². The van der Waals surface area contributed by atoms with E-state index in [2.05, 4.69) is 42.3 Å². The van der Waals surface area contributed by atoms with Crippen LogP contribution in [-0.4, -0.2) is 16.1 Å². The molecular weight excluding hydrogens is 391 g/mol. The predicted molar refractivity (Wildman–Crippen MR) is 121 cm³/mol. The average molecular weight is 419 g/mol. The Morgan fingerprint density at radius 2 is 1.84 bits per heavy atom. The molecule has 160 valence electrons. The summed E-state index contributed by atoms with van der Waals surface area (Å²) in [5, 5.41) is 12.3. The van der Waals surface area contributed by atoms with Crippen molar-refractivity contribution < 1.29 is 14.3 Å². The molecule has 4 nitrogen and oxygen atoms in total. The van der Waals surface area contributed by atoms with Gasteiger partial charge in [0.1, 0.15) is 5.82 Å². The first-order valence-electron chi connectivity index (χ1n) is 10.8. The highest BCUT2D eigenvalue weighted by Gasteiger charge is 2.45. The highest BCUT2D eigenvalue weighted by molar-refractivity contribution is 5.75. The normalized spacial score (nSPS) is 17.4. The van der Waals surface area contributed by atoms with E-state index in [1.807, 2.05) is 24.3 Å². The molecule has 1 heterocycles. The second-order valence-electron chi connectivity index (χ2n) is 8.08. The molecule has 1 aliphatic rings. The molecule has 2 aromatic carbocycles. The molecule has 1 fully saturated rings. The second-order valence-corrected chi connectivity index (χ2v) is 8.08. The van der Waals surface area contributed by atoms with Crippen molar-refractivity contribution in [3.63, 3.8) is 0 Å². The van der Waals surface area contributed by atoms with Gasteiger partial charge < -0.3 is 10.4 Å². The zero-order valence-corrected chi connectivity index (χ0v) is 17.9. The third kappa shape index (κ3) is 4.46. The lowest BCUT2D eigenvalue weighted by Gasteiger charge is -2.15. The van der Waals surface area contributed by atoms with Crippen LogP contribution in [0.15, 0.2) is 54.7 Å². The maximum absolute atomic E-state index is 14.5. The summed E-state index contributed by atoms with van der Waals surface area (Å²) >= 11 is 0. The summed E-state index contributed by atoms with van der Waals surface area (Å²) in [4.78, 5) is 15.4. The Morgan fingerprint density at radius 1 is 1.10 bits per heavy atom. The molecule has 1 aliphatic carbocycles. The monoisotopic (exact) mass is 418 g/mol.